The molecule has 0 aliphatic rings. The van der Waals surface area contributed by atoms with Gasteiger partial charge in [-0.25, -0.2) is 4.39 Å². The zero-order chi connectivity index (χ0) is 10.0. The predicted octanol–water partition coefficient (Wildman–Crippen LogP) is 3.55. The summed E-state index contributed by atoms with van der Waals surface area (Å²) in [6.07, 6.45) is 0. The van der Waals surface area contributed by atoms with Crippen molar-refractivity contribution in [3.8, 4) is 0 Å². The Morgan fingerprint density at radius 2 is 2.15 bits per heavy atom. The van der Waals surface area contributed by atoms with Crippen molar-refractivity contribution in [1.82, 2.24) is 0 Å². The van der Waals surface area contributed by atoms with Gasteiger partial charge in [-0.3, -0.25) is 4.79 Å². The molecule has 1 rings (SSSR count). The lowest BCUT2D eigenvalue weighted by atomic mass is 10.1. The van der Waals surface area contributed by atoms with Gasteiger partial charge in [-0.1, -0.05) is 15.9 Å². The molecule has 4 heteroatoms. The van der Waals surface area contributed by atoms with Gasteiger partial charge >= 0.3 is 0 Å². The third-order valence-corrected chi connectivity index (χ3v) is 2.59. The van der Waals surface area contributed by atoms with Crippen LogP contribution in [0.25, 0.3) is 0 Å². The summed E-state index contributed by atoms with van der Waals surface area (Å²) in [4.78, 5) is 11.2. The van der Waals surface area contributed by atoms with Gasteiger partial charge in [-0.15, -0.1) is 0 Å². The van der Waals surface area contributed by atoms with E-state index in [9.17, 15) is 9.18 Å². The molecule has 0 unspecified atom stereocenters. The van der Waals surface area contributed by atoms with Gasteiger partial charge in [-0.05, 0) is 41.1 Å². The Hall–Kier alpha value is -0.220. The summed E-state index contributed by atoms with van der Waals surface area (Å²) >= 11 is 6.18. The van der Waals surface area contributed by atoms with Gasteiger partial charge in [0, 0.05) is 5.56 Å². The van der Waals surface area contributed by atoms with Crippen molar-refractivity contribution in [3.63, 3.8) is 0 Å². The first kappa shape index (κ1) is 10.9. The molecule has 0 spiro atoms. The Balaban J connectivity index is 3.04. The highest BCUT2D eigenvalue weighted by Crippen LogP contribution is 2.19. The van der Waals surface area contributed by atoms with Crippen LogP contribution in [0.3, 0.4) is 0 Å². The lowest BCUT2D eigenvalue weighted by Gasteiger charge is -2.03. The van der Waals surface area contributed by atoms with E-state index in [4.69, 9.17) is 0 Å². The fraction of sp³-hybridized carbons (Fsp3) is 0.222. The van der Waals surface area contributed by atoms with E-state index in [0.717, 1.165) is 0 Å². The number of alkyl halides is 1. The zero-order valence-electron chi connectivity index (χ0n) is 6.85. The number of Topliss-reactive ketones (excluding diaryl/α,β-unsaturated/α-hetero) is 1. The summed E-state index contributed by atoms with van der Waals surface area (Å²) in [6.45, 7) is 1.74. The summed E-state index contributed by atoms with van der Waals surface area (Å²) < 4.78 is 13.1. The highest BCUT2D eigenvalue weighted by atomic mass is 79.9. The van der Waals surface area contributed by atoms with Gasteiger partial charge < -0.3 is 0 Å². The first-order valence-electron chi connectivity index (χ1n) is 3.65. The van der Waals surface area contributed by atoms with E-state index in [1.807, 2.05) is 0 Å². The Morgan fingerprint density at radius 1 is 1.54 bits per heavy atom. The average Bonchev–Trinajstić information content (AvgIpc) is 2.08. The van der Waals surface area contributed by atoms with Gasteiger partial charge in [0.25, 0.3) is 0 Å². The third kappa shape index (κ3) is 2.61. The molecule has 0 radical (unpaired) electrons. The number of hydrogen-bond acceptors (Lipinski definition) is 1. The molecule has 0 amide bonds. The van der Waals surface area contributed by atoms with Crippen LogP contribution in [0.5, 0.6) is 0 Å². The molecule has 0 bridgehead atoms. The second-order valence-corrected chi connectivity index (χ2v) is 4.84. The highest BCUT2D eigenvalue weighted by molar-refractivity contribution is 9.10. The van der Waals surface area contributed by atoms with Crippen LogP contribution in [0.1, 0.15) is 17.3 Å². The van der Waals surface area contributed by atoms with Gasteiger partial charge in [0.05, 0.1) is 9.30 Å². The second-order valence-electron chi connectivity index (χ2n) is 2.61. The second kappa shape index (κ2) is 4.33. The van der Waals surface area contributed by atoms with Crippen LogP contribution in [0.4, 0.5) is 4.39 Å². The minimum absolute atomic E-state index is 0.0549. The molecule has 0 aliphatic heterocycles. The molecular formula is C9H7Br2FO. The molecule has 1 aromatic rings. The van der Waals surface area contributed by atoms with Gasteiger partial charge in [-0.2, -0.15) is 0 Å². The van der Waals surface area contributed by atoms with E-state index in [-0.39, 0.29) is 16.4 Å². The lowest BCUT2D eigenvalue weighted by molar-refractivity contribution is 0.0995. The zero-order valence-corrected chi connectivity index (χ0v) is 10.0. The van der Waals surface area contributed by atoms with Crippen molar-refractivity contribution in [3.05, 3.63) is 34.1 Å². The summed E-state index contributed by atoms with van der Waals surface area (Å²) in [5, 5.41) is 0. The minimum atomic E-state index is -0.362. The normalized spacial score (nSPS) is 12.6. The molecule has 70 valence electrons. The number of carbonyl (C=O) groups is 1. The van der Waals surface area contributed by atoms with Gasteiger partial charge in [0.1, 0.15) is 5.82 Å². The van der Waals surface area contributed by atoms with E-state index in [1.165, 1.54) is 18.2 Å². The standard InChI is InChI=1S/C9H7Br2FO/c1-5(10)9(13)6-2-3-8(12)7(11)4-6/h2-5H,1H3/t5-/m0/s1. The molecule has 1 atom stereocenters. The molecule has 0 N–H and O–H groups in total. The SMILES string of the molecule is C[C@H](Br)C(=O)c1ccc(F)c(Br)c1. The molecule has 1 aromatic carbocycles. The smallest absolute Gasteiger partial charge is 0.176 e. The van der Waals surface area contributed by atoms with E-state index in [1.54, 1.807) is 6.92 Å². The first-order valence-corrected chi connectivity index (χ1v) is 5.36. The number of carbonyl (C=O) groups excluding carboxylic acids is 1. The maximum atomic E-state index is 12.8. The number of halogens is 3. The maximum Gasteiger partial charge on any atom is 0.176 e. The van der Waals surface area contributed by atoms with Crippen LogP contribution in [0.2, 0.25) is 0 Å². The van der Waals surface area contributed by atoms with Crippen LogP contribution in [0, 0.1) is 5.82 Å². The first-order chi connectivity index (χ1) is 6.02. The fourth-order valence-electron chi connectivity index (χ4n) is 0.879. The Morgan fingerprint density at radius 3 is 2.62 bits per heavy atom. The number of rotatable bonds is 2. The Kier molecular flexibility index (Phi) is 3.62. The van der Waals surface area contributed by atoms with Crippen LogP contribution >= 0.6 is 31.9 Å². The molecule has 0 heterocycles. The molecule has 0 fully saturated rings. The Bertz CT molecular complexity index is 336. The molecule has 0 saturated carbocycles. The largest absolute Gasteiger partial charge is 0.293 e. The van der Waals surface area contributed by atoms with E-state index < -0.39 is 0 Å². The number of benzene rings is 1. The molecule has 0 aromatic heterocycles. The van der Waals surface area contributed by atoms with E-state index in [2.05, 4.69) is 31.9 Å². The lowest BCUT2D eigenvalue weighted by Crippen LogP contribution is -2.09. The minimum Gasteiger partial charge on any atom is -0.293 e. The quantitative estimate of drug-likeness (QED) is 0.603. The molecule has 13 heavy (non-hydrogen) atoms. The van der Waals surface area contributed by atoms with Gasteiger partial charge in [0.15, 0.2) is 5.78 Å². The predicted molar refractivity (Wildman–Crippen MR) is 56.8 cm³/mol. The summed E-state index contributed by atoms with van der Waals surface area (Å²) in [5.41, 5.74) is 0.498. The molecule has 0 saturated heterocycles. The van der Waals surface area contributed by atoms with Crippen LogP contribution in [-0.4, -0.2) is 10.6 Å². The van der Waals surface area contributed by atoms with Crippen molar-refractivity contribution in [1.29, 1.82) is 0 Å². The maximum absolute atomic E-state index is 12.8. The fourth-order valence-corrected chi connectivity index (χ4v) is 1.52. The van der Waals surface area contributed by atoms with Crippen molar-refractivity contribution < 1.29 is 9.18 Å². The van der Waals surface area contributed by atoms with Crippen molar-refractivity contribution in [2.75, 3.05) is 0 Å². The monoisotopic (exact) mass is 308 g/mol. The summed E-state index contributed by atoms with van der Waals surface area (Å²) in [7, 11) is 0. The topological polar surface area (TPSA) is 17.1 Å². The van der Waals surface area contributed by atoms with E-state index in [0.29, 0.717) is 10.0 Å². The number of hydrogen-bond donors (Lipinski definition) is 0. The summed E-state index contributed by atoms with van der Waals surface area (Å²) in [5.74, 6) is -0.417. The van der Waals surface area contributed by atoms with Crippen LogP contribution in [0.15, 0.2) is 22.7 Å². The van der Waals surface area contributed by atoms with Crippen molar-refractivity contribution in [2.24, 2.45) is 0 Å². The molecule has 0 aliphatic carbocycles. The van der Waals surface area contributed by atoms with Crippen molar-refractivity contribution in [2.45, 2.75) is 11.8 Å². The number of ketones is 1. The average molecular weight is 310 g/mol. The van der Waals surface area contributed by atoms with Crippen molar-refractivity contribution >= 4 is 37.6 Å². The summed E-state index contributed by atoms with van der Waals surface area (Å²) in [6, 6.07) is 4.22. The third-order valence-electron chi connectivity index (χ3n) is 1.57. The van der Waals surface area contributed by atoms with E-state index >= 15 is 0 Å². The Labute approximate surface area is 92.6 Å². The highest BCUT2D eigenvalue weighted by Gasteiger charge is 2.12. The molecule has 1 nitrogen and oxygen atoms in total. The van der Waals surface area contributed by atoms with Gasteiger partial charge in [0.2, 0.25) is 0 Å². The van der Waals surface area contributed by atoms with Crippen LogP contribution < -0.4 is 0 Å². The van der Waals surface area contributed by atoms with Crippen LogP contribution in [-0.2, 0) is 0 Å². The molecular weight excluding hydrogens is 303 g/mol.